The van der Waals surface area contributed by atoms with Crippen LogP contribution in [-0.2, 0) is 0 Å². The molecule has 0 radical (unpaired) electrons. The quantitative estimate of drug-likeness (QED) is 0.787. The molecule has 1 aromatic carbocycles. The summed E-state index contributed by atoms with van der Waals surface area (Å²) >= 11 is 3.07. The summed E-state index contributed by atoms with van der Waals surface area (Å²) in [6, 6.07) is 9.23. The minimum atomic E-state index is -0.221. The molecule has 0 unspecified atom stereocenters. The van der Waals surface area contributed by atoms with Crippen LogP contribution in [0.1, 0.15) is 10.5 Å². The summed E-state index contributed by atoms with van der Waals surface area (Å²) in [5.41, 5.74) is 2.15. The second-order valence-electron chi connectivity index (χ2n) is 4.24. The van der Waals surface area contributed by atoms with Gasteiger partial charge in [0, 0.05) is 28.1 Å². The van der Waals surface area contributed by atoms with Gasteiger partial charge in [0.1, 0.15) is 16.5 Å². The van der Waals surface area contributed by atoms with Crippen LogP contribution in [-0.4, -0.2) is 18.0 Å². The zero-order valence-corrected chi connectivity index (χ0v) is 12.8. The lowest BCUT2D eigenvalue weighted by Crippen LogP contribution is -2.12. The summed E-state index contributed by atoms with van der Waals surface area (Å²) in [7, 11) is 1.59. The molecule has 6 heteroatoms. The van der Waals surface area contributed by atoms with Crippen molar-refractivity contribution in [1.29, 1.82) is 0 Å². The van der Waals surface area contributed by atoms with Crippen LogP contribution in [0.15, 0.2) is 46.5 Å². The topological polar surface area (TPSA) is 51.2 Å². The van der Waals surface area contributed by atoms with Crippen molar-refractivity contribution in [1.82, 2.24) is 4.98 Å². The Balaban J connectivity index is 1.76. The van der Waals surface area contributed by atoms with Gasteiger partial charge in [0.05, 0.1) is 7.11 Å². The number of ether oxygens (including phenoxy) is 1. The van der Waals surface area contributed by atoms with Gasteiger partial charge in [0.15, 0.2) is 0 Å². The van der Waals surface area contributed by atoms with Crippen molar-refractivity contribution in [2.45, 2.75) is 0 Å². The van der Waals surface area contributed by atoms with E-state index in [0.717, 1.165) is 10.6 Å². The summed E-state index contributed by atoms with van der Waals surface area (Å²) in [5, 5.41) is 9.45. The van der Waals surface area contributed by atoms with E-state index in [-0.39, 0.29) is 5.91 Å². The monoisotopic (exact) mass is 316 g/mol. The molecule has 3 aromatic rings. The molecule has 0 atom stereocenters. The van der Waals surface area contributed by atoms with Crippen molar-refractivity contribution >= 4 is 34.3 Å². The Bertz CT molecular complexity index is 751. The molecule has 3 rings (SSSR count). The van der Waals surface area contributed by atoms with Gasteiger partial charge in [-0.1, -0.05) is 6.07 Å². The Morgan fingerprint density at radius 2 is 2.19 bits per heavy atom. The largest absolute Gasteiger partial charge is 0.497 e. The molecular weight excluding hydrogens is 304 g/mol. The lowest BCUT2D eigenvalue weighted by atomic mass is 10.3. The minimum Gasteiger partial charge on any atom is -0.497 e. The van der Waals surface area contributed by atoms with E-state index < -0.39 is 0 Å². The number of nitrogens with zero attached hydrogens (tertiary/aromatic N) is 1. The van der Waals surface area contributed by atoms with E-state index in [1.54, 1.807) is 29.9 Å². The Hall–Kier alpha value is -2.18. The molecule has 21 heavy (non-hydrogen) atoms. The Morgan fingerprint density at radius 1 is 1.29 bits per heavy atom. The molecule has 0 aliphatic heterocycles. The molecular formula is C15H12N2O2S2. The lowest BCUT2D eigenvalue weighted by Gasteiger charge is -2.05. The Labute approximate surface area is 130 Å². The summed E-state index contributed by atoms with van der Waals surface area (Å²) < 4.78 is 5.13. The molecule has 0 saturated carbocycles. The van der Waals surface area contributed by atoms with Gasteiger partial charge in [-0.15, -0.1) is 11.3 Å². The zero-order valence-electron chi connectivity index (χ0n) is 11.2. The molecule has 1 amide bonds. The van der Waals surface area contributed by atoms with Crippen molar-refractivity contribution in [3.63, 3.8) is 0 Å². The van der Waals surface area contributed by atoms with Crippen molar-refractivity contribution in [2.24, 2.45) is 0 Å². The number of benzene rings is 1. The maximum absolute atomic E-state index is 12.2. The third-order valence-electron chi connectivity index (χ3n) is 2.83. The number of hydrogen-bond acceptors (Lipinski definition) is 5. The average molecular weight is 316 g/mol. The summed E-state index contributed by atoms with van der Waals surface area (Å²) in [6.07, 6.45) is 0. The van der Waals surface area contributed by atoms with Crippen molar-refractivity contribution < 1.29 is 9.53 Å². The first kappa shape index (κ1) is 13.8. The van der Waals surface area contributed by atoms with E-state index in [1.807, 2.05) is 35.0 Å². The third-order valence-corrected chi connectivity index (χ3v) is 4.41. The fourth-order valence-electron chi connectivity index (χ4n) is 1.79. The number of thiazole rings is 1. The van der Waals surface area contributed by atoms with Gasteiger partial charge >= 0.3 is 0 Å². The Kier molecular flexibility index (Phi) is 3.98. The molecule has 0 saturated heterocycles. The number of methoxy groups -OCH3 is 1. The van der Waals surface area contributed by atoms with E-state index in [9.17, 15) is 4.79 Å². The van der Waals surface area contributed by atoms with Gasteiger partial charge < -0.3 is 10.1 Å². The highest BCUT2D eigenvalue weighted by Crippen LogP contribution is 2.26. The number of amides is 1. The van der Waals surface area contributed by atoms with Crippen LogP contribution >= 0.6 is 22.7 Å². The van der Waals surface area contributed by atoms with E-state index >= 15 is 0 Å². The average Bonchev–Trinajstić information content (AvgIpc) is 3.18. The van der Waals surface area contributed by atoms with Crippen molar-refractivity contribution in [3.05, 3.63) is 52.2 Å². The molecule has 0 fully saturated rings. The third kappa shape index (κ3) is 3.12. The van der Waals surface area contributed by atoms with Crippen LogP contribution in [0.3, 0.4) is 0 Å². The Morgan fingerprint density at radius 3 is 2.95 bits per heavy atom. The molecule has 0 aliphatic rings. The standard InChI is InChI=1S/C15H12N2O2S2/c1-19-12-4-2-3-11(7-12)16-14(18)13-9-21-15(17-13)10-5-6-20-8-10/h2-9H,1H3,(H,16,18). The van der Waals surface area contributed by atoms with Crippen LogP contribution in [0.4, 0.5) is 5.69 Å². The van der Waals surface area contributed by atoms with E-state index in [1.165, 1.54) is 11.3 Å². The van der Waals surface area contributed by atoms with Crippen LogP contribution < -0.4 is 10.1 Å². The highest BCUT2D eigenvalue weighted by molar-refractivity contribution is 7.14. The lowest BCUT2D eigenvalue weighted by molar-refractivity contribution is 0.102. The number of rotatable bonds is 4. The second kappa shape index (κ2) is 6.07. The number of carbonyl (C=O) groups excluding carboxylic acids is 1. The SMILES string of the molecule is COc1cccc(NC(=O)c2csc(-c3ccsc3)n2)c1. The van der Waals surface area contributed by atoms with Gasteiger partial charge in [-0.25, -0.2) is 4.98 Å². The molecule has 1 N–H and O–H groups in total. The molecule has 2 aromatic heterocycles. The van der Waals surface area contributed by atoms with Gasteiger partial charge in [-0.2, -0.15) is 11.3 Å². The molecule has 0 bridgehead atoms. The van der Waals surface area contributed by atoms with Crippen LogP contribution in [0, 0.1) is 0 Å². The highest BCUT2D eigenvalue weighted by atomic mass is 32.1. The smallest absolute Gasteiger partial charge is 0.275 e. The maximum Gasteiger partial charge on any atom is 0.275 e. The van der Waals surface area contributed by atoms with Gasteiger partial charge in [-0.05, 0) is 23.6 Å². The number of hydrogen-bond donors (Lipinski definition) is 1. The van der Waals surface area contributed by atoms with E-state index in [4.69, 9.17) is 4.74 Å². The molecule has 0 aliphatic carbocycles. The number of nitrogens with one attached hydrogen (secondary N) is 1. The first-order valence-corrected chi connectivity index (χ1v) is 8.02. The zero-order chi connectivity index (χ0) is 14.7. The predicted octanol–water partition coefficient (Wildman–Crippen LogP) is 4.13. The summed E-state index contributed by atoms with van der Waals surface area (Å²) in [4.78, 5) is 16.6. The van der Waals surface area contributed by atoms with Gasteiger partial charge in [-0.3, -0.25) is 4.79 Å². The minimum absolute atomic E-state index is 0.221. The first-order valence-electron chi connectivity index (χ1n) is 6.20. The van der Waals surface area contributed by atoms with E-state index in [2.05, 4.69) is 10.3 Å². The molecule has 2 heterocycles. The van der Waals surface area contributed by atoms with Crippen LogP contribution in [0.5, 0.6) is 5.75 Å². The number of thiophene rings is 1. The maximum atomic E-state index is 12.2. The van der Waals surface area contributed by atoms with Crippen LogP contribution in [0.25, 0.3) is 10.6 Å². The number of anilines is 1. The van der Waals surface area contributed by atoms with Crippen molar-refractivity contribution in [3.8, 4) is 16.3 Å². The highest BCUT2D eigenvalue weighted by Gasteiger charge is 2.12. The predicted molar refractivity (Wildman–Crippen MR) is 86.4 cm³/mol. The fourth-order valence-corrected chi connectivity index (χ4v) is 3.30. The number of carbonyl (C=O) groups is 1. The fraction of sp³-hybridized carbons (Fsp3) is 0.0667. The summed E-state index contributed by atoms with van der Waals surface area (Å²) in [5.74, 6) is 0.478. The molecule has 0 spiro atoms. The molecule has 4 nitrogen and oxygen atoms in total. The van der Waals surface area contributed by atoms with E-state index in [0.29, 0.717) is 17.1 Å². The van der Waals surface area contributed by atoms with Gasteiger partial charge in [0.2, 0.25) is 0 Å². The first-order chi connectivity index (χ1) is 10.3. The second-order valence-corrected chi connectivity index (χ2v) is 5.87. The molecule has 106 valence electrons. The van der Waals surface area contributed by atoms with Crippen LogP contribution in [0.2, 0.25) is 0 Å². The van der Waals surface area contributed by atoms with Crippen molar-refractivity contribution in [2.75, 3.05) is 12.4 Å². The normalized spacial score (nSPS) is 10.3. The van der Waals surface area contributed by atoms with Gasteiger partial charge in [0.25, 0.3) is 5.91 Å². The summed E-state index contributed by atoms with van der Waals surface area (Å²) in [6.45, 7) is 0. The number of aromatic nitrogens is 1.